The highest BCUT2D eigenvalue weighted by Gasteiger charge is 2.18. The Kier molecular flexibility index (Phi) is 5.27. The smallest absolute Gasteiger partial charge is 0.261 e. The topological polar surface area (TPSA) is 29.1 Å². The first-order valence-electron chi connectivity index (χ1n) is 9.50. The molecule has 0 atom stereocenters. The van der Waals surface area contributed by atoms with E-state index in [2.05, 4.69) is 79.8 Å². The zero-order valence-corrected chi connectivity index (χ0v) is 17.0. The first kappa shape index (κ1) is 18.5. The summed E-state index contributed by atoms with van der Waals surface area (Å²) >= 11 is 1.58. The monoisotopic (exact) mass is 385 g/mol. The van der Waals surface area contributed by atoms with Crippen molar-refractivity contribution >= 4 is 27.3 Å². The molecule has 140 valence electrons. The first-order chi connectivity index (χ1) is 13.6. The summed E-state index contributed by atoms with van der Waals surface area (Å²) in [6.45, 7) is 4.70. The summed E-state index contributed by atoms with van der Waals surface area (Å²) < 4.78 is 1.16. The predicted molar refractivity (Wildman–Crippen MR) is 118 cm³/mol. The van der Waals surface area contributed by atoms with E-state index in [0.29, 0.717) is 6.54 Å². The fraction of sp³-hybridized carbons (Fsp3) is 0.160. The second kappa shape index (κ2) is 7.99. The third kappa shape index (κ3) is 4.00. The molecular weight excluding hydrogens is 362 g/mol. The number of fused-ring (bicyclic) bond motifs is 1. The molecule has 0 bridgehead atoms. The van der Waals surface area contributed by atoms with Crippen LogP contribution in [-0.2, 0) is 13.0 Å². The van der Waals surface area contributed by atoms with Crippen molar-refractivity contribution in [1.82, 2.24) is 5.32 Å². The summed E-state index contributed by atoms with van der Waals surface area (Å²) in [5.74, 6) is 0.00360. The molecule has 4 rings (SSSR count). The molecule has 0 unspecified atom stereocenters. The number of benzene rings is 3. The van der Waals surface area contributed by atoms with Crippen molar-refractivity contribution in [3.05, 3.63) is 105 Å². The van der Waals surface area contributed by atoms with E-state index in [1.54, 1.807) is 11.3 Å². The van der Waals surface area contributed by atoms with Gasteiger partial charge in [-0.2, -0.15) is 0 Å². The molecule has 4 aromatic rings. The summed E-state index contributed by atoms with van der Waals surface area (Å²) in [6.07, 6.45) is 0.761. The van der Waals surface area contributed by atoms with Crippen molar-refractivity contribution in [2.75, 3.05) is 0 Å². The van der Waals surface area contributed by atoms with E-state index >= 15 is 0 Å². The lowest BCUT2D eigenvalue weighted by atomic mass is 10.0. The molecule has 1 aromatic heterocycles. The van der Waals surface area contributed by atoms with E-state index in [9.17, 15) is 4.79 Å². The van der Waals surface area contributed by atoms with Crippen LogP contribution in [0.25, 0.3) is 10.1 Å². The van der Waals surface area contributed by atoms with E-state index in [-0.39, 0.29) is 5.91 Å². The standard InChI is InChI=1S/C25H23NOS/c1-17-7-11-19(12-8-17)15-22-21-5-3-4-6-23(21)28-24(22)25(27)26-16-20-13-9-18(2)10-14-20/h3-14H,15-16H2,1-2H3,(H,26,27). The zero-order valence-electron chi connectivity index (χ0n) is 16.2. The molecule has 2 nitrogen and oxygen atoms in total. The van der Waals surface area contributed by atoms with Crippen molar-refractivity contribution in [3.63, 3.8) is 0 Å². The fourth-order valence-corrected chi connectivity index (χ4v) is 4.47. The normalized spacial score (nSPS) is 10.9. The lowest BCUT2D eigenvalue weighted by Gasteiger charge is -2.08. The third-order valence-corrected chi connectivity index (χ3v) is 6.19. The van der Waals surface area contributed by atoms with Crippen LogP contribution in [0.15, 0.2) is 72.8 Å². The minimum Gasteiger partial charge on any atom is -0.347 e. The molecule has 1 amide bonds. The van der Waals surface area contributed by atoms with Crippen LogP contribution in [0, 0.1) is 13.8 Å². The molecule has 1 N–H and O–H groups in total. The molecule has 0 aliphatic heterocycles. The Bertz CT molecular complexity index is 1110. The Morgan fingerprint density at radius 2 is 1.43 bits per heavy atom. The molecule has 0 aliphatic rings. The maximum Gasteiger partial charge on any atom is 0.261 e. The van der Waals surface area contributed by atoms with Crippen LogP contribution in [0.4, 0.5) is 0 Å². The summed E-state index contributed by atoms with van der Waals surface area (Å²) in [4.78, 5) is 13.8. The Morgan fingerprint density at radius 3 is 2.11 bits per heavy atom. The average Bonchev–Trinajstić information content (AvgIpc) is 3.08. The summed E-state index contributed by atoms with van der Waals surface area (Å²) in [5, 5.41) is 4.28. The quantitative estimate of drug-likeness (QED) is 0.446. The second-order valence-electron chi connectivity index (χ2n) is 7.24. The number of aryl methyl sites for hydroxylation is 2. The highest BCUT2D eigenvalue weighted by Crippen LogP contribution is 2.33. The van der Waals surface area contributed by atoms with Gasteiger partial charge in [0.05, 0.1) is 4.88 Å². The molecule has 0 aliphatic carbocycles. The predicted octanol–water partition coefficient (Wildman–Crippen LogP) is 6.04. The van der Waals surface area contributed by atoms with Crippen molar-refractivity contribution in [3.8, 4) is 0 Å². The summed E-state index contributed by atoms with van der Waals surface area (Å²) in [5.41, 5.74) is 5.92. The van der Waals surface area contributed by atoms with Crippen molar-refractivity contribution in [2.24, 2.45) is 0 Å². The molecule has 0 saturated carbocycles. The minimum absolute atomic E-state index is 0.00360. The maximum absolute atomic E-state index is 13.0. The number of carbonyl (C=O) groups excluding carboxylic acids is 1. The average molecular weight is 386 g/mol. The number of carbonyl (C=O) groups is 1. The van der Waals surface area contributed by atoms with E-state index < -0.39 is 0 Å². The van der Waals surface area contributed by atoms with Crippen molar-refractivity contribution in [2.45, 2.75) is 26.8 Å². The maximum atomic E-state index is 13.0. The molecule has 3 aromatic carbocycles. The Morgan fingerprint density at radius 1 is 0.821 bits per heavy atom. The molecule has 0 radical (unpaired) electrons. The van der Waals surface area contributed by atoms with Crippen LogP contribution in [0.1, 0.15) is 37.5 Å². The van der Waals surface area contributed by atoms with Gasteiger partial charge < -0.3 is 5.32 Å². The van der Waals surface area contributed by atoms with Crippen LogP contribution in [0.5, 0.6) is 0 Å². The first-order valence-corrected chi connectivity index (χ1v) is 10.3. The van der Waals surface area contributed by atoms with Gasteiger partial charge in [-0.25, -0.2) is 0 Å². The highest BCUT2D eigenvalue weighted by atomic mass is 32.1. The lowest BCUT2D eigenvalue weighted by Crippen LogP contribution is -2.22. The van der Waals surface area contributed by atoms with E-state index in [1.807, 2.05) is 12.1 Å². The van der Waals surface area contributed by atoms with Gasteiger partial charge >= 0.3 is 0 Å². The Labute approximate surface area is 169 Å². The van der Waals surface area contributed by atoms with Gasteiger partial charge in [-0.3, -0.25) is 4.79 Å². The van der Waals surface area contributed by atoms with Crippen LogP contribution in [-0.4, -0.2) is 5.91 Å². The van der Waals surface area contributed by atoms with Crippen molar-refractivity contribution < 1.29 is 4.79 Å². The lowest BCUT2D eigenvalue weighted by molar-refractivity contribution is 0.0954. The van der Waals surface area contributed by atoms with E-state index in [0.717, 1.165) is 27.1 Å². The molecule has 0 fully saturated rings. The van der Waals surface area contributed by atoms with E-state index in [4.69, 9.17) is 0 Å². The van der Waals surface area contributed by atoms with Crippen LogP contribution in [0.3, 0.4) is 0 Å². The molecule has 3 heteroatoms. The molecule has 1 heterocycles. The van der Waals surface area contributed by atoms with Gasteiger partial charge in [0.25, 0.3) is 5.91 Å². The number of amides is 1. The van der Waals surface area contributed by atoms with Crippen LogP contribution >= 0.6 is 11.3 Å². The SMILES string of the molecule is Cc1ccc(CNC(=O)c2sc3ccccc3c2Cc2ccc(C)cc2)cc1. The van der Waals surface area contributed by atoms with Crippen LogP contribution < -0.4 is 5.32 Å². The van der Waals surface area contributed by atoms with Gasteiger partial charge in [0, 0.05) is 11.2 Å². The number of rotatable bonds is 5. The molecule has 28 heavy (non-hydrogen) atoms. The Balaban J connectivity index is 1.62. The van der Waals surface area contributed by atoms with Gasteiger partial charge in [0.2, 0.25) is 0 Å². The molecule has 0 spiro atoms. The third-order valence-electron chi connectivity index (χ3n) is 4.98. The summed E-state index contributed by atoms with van der Waals surface area (Å²) in [7, 11) is 0. The van der Waals surface area contributed by atoms with E-state index in [1.165, 1.54) is 22.1 Å². The van der Waals surface area contributed by atoms with Gasteiger partial charge in [-0.05, 0) is 48.4 Å². The fourth-order valence-electron chi connectivity index (χ4n) is 3.34. The van der Waals surface area contributed by atoms with Gasteiger partial charge in [0.15, 0.2) is 0 Å². The number of hydrogen-bond donors (Lipinski definition) is 1. The largest absolute Gasteiger partial charge is 0.347 e. The molecule has 0 saturated heterocycles. The number of thiophene rings is 1. The number of nitrogens with one attached hydrogen (secondary N) is 1. The van der Waals surface area contributed by atoms with Gasteiger partial charge in [0.1, 0.15) is 0 Å². The zero-order chi connectivity index (χ0) is 19.5. The Hall–Kier alpha value is -2.91. The van der Waals surface area contributed by atoms with Crippen molar-refractivity contribution in [1.29, 1.82) is 0 Å². The van der Waals surface area contributed by atoms with Crippen LogP contribution in [0.2, 0.25) is 0 Å². The van der Waals surface area contributed by atoms with Gasteiger partial charge in [-0.1, -0.05) is 77.9 Å². The summed E-state index contributed by atoms with van der Waals surface area (Å²) in [6, 6.07) is 25.1. The highest BCUT2D eigenvalue weighted by molar-refractivity contribution is 7.21. The minimum atomic E-state index is 0.00360. The number of hydrogen-bond acceptors (Lipinski definition) is 2. The van der Waals surface area contributed by atoms with Gasteiger partial charge in [-0.15, -0.1) is 11.3 Å². The second-order valence-corrected chi connectivity index (χ2v) is 8.29. The molecular formula is C25H23NOS.